The molecular formula is C28H32ClN3O4S. The first-order valence-corrected chi connectivity index (χ1v) is 13.3. The van der Waals surface area contributed by atoms with Crippen LogP contribution >= 0.6 is 23.8 Å². The highest BCUT2D eigenvalue weighted by Crippen LogP contribution is 2.43. The summed E-state index contributed by atoms with van der Waals surface area (Å²) in [5.41, 5.74) is 1.79. The van der Waals surface area contributed by atoms with Crippen molar-refractivity contribution in [1.29, 1.82) is 0 Å². The Bertz CT molecular complexity index is 1250. The molecule has 1 aromatic carbocycles. The number of aromatic nitrogens is 2. The number of carbonyl (C=O) groups is 1. The Morgan fingerprint density at radius 1 is 1.24 bits per heavy atom. The molecular weight excluding hydrogens is 510 g/mol. The SMILES string of the molecule is COc1ccc2ncc(Cl)c([C@H](O)CCC3(CC(=O)O)CCN(CCC(=S)c4ccccn4)CC3)c2c1. The Morgan fingerprint density at radius 2 is 2.03 bits per heavy atom. The molecule has 0 bridgehead atoms. The van der Waals surface area contributed by atoms with E-state index in [1.807, 2.05) is 36.4 Å². The number of carboxylic acids is 1. The molecule has 2 aromatic heterocycles. The second-order valence-corrected chi connectivity index (χ2v) is 10.7. The van der Waals surface area contributed by atoms with Gasteiger partial charge >= 0.3 is 5.97 Å². The lowest BCUT2D eigenvalue weighted by Crippen LogP contribution is -2.42. The summed E-state index contributed by atoms with van der Waals surface area (Å²) in [7, 11) is 1.59. The number of piperidine rings is 1. The normalized spacial score (nSPS) is 16.4. The number of benzene rings is 1. The number of pyridine rings is 2. The molecule has 196 valence electrons. The quantitative estimate of drug-likeness (QED) is 0.244. The molecule has 0 saturated carbocycles. The summed E-state index contributed by atoms with van der Waals surface area (Å²) in [5.74, 6) is -0.154. The number of aliphatic hydroxyl groups excluding tert-OH is 1. The van der Waals surface area contributed by atoms with Gasteiger partial charge in [-0.3, -0.25) is 14.8 Å². The molecule has 1 fully saturated rings. The van der Waals surface area contributed by atoms with Crippen molar-refractivity contribution in [3.8, 4) is 5.75 Å². The van der Waals surface area contributed by atoms with Crippen LogP contribution in [0, 0.1) is 5.41 Å². The maximum Gasteiger partial charge on any atom is 0.303 e. The van der Waals surface area contributed by atoms with Gasteiger partial charge in [-0.1, -0.05) is 29.9 Å². The standard InChI is InChI=1S/C28H32ClN3O4S/c1-36-19-5-6-22-20(16-19)27(21(29)18-31-22)24(33)7-9-28(17-26(34)35)10-14-32(15-11-28)13-8-25(37)23-4-2-3-12-30-23/h2-6,12,16,18,24,33H,7-11,13-15,17H2,1H3,(H,34,35)/t24-/m1/s1. The lowest BCUT2D eigenvalue weighted by atomic mass is 9.71. The summed E-state index contributed by atoms with van der Waals surface area (Å²) >= 11 is 12.0. The zero-order chi connectivity index (χ0) is 26.4. The smallest absolute Gasteiger partial charge is 0.303 e. The van der Waals surface area contributed by atoms with E-state index in [2.05, 4.69) is 14.9 Å². The van der Waals surface area contributed by atoms with E-state index in [-0.39, 0.29) is 11.8 Å². The first kappa shape index (κ1) is 27.4. The maximum absolute atomic E-state index is 11.8. The Labute approximate surface area is 227 Å². The van der Waals surface area contributed by atoms with Crippen LogP contribution in [-0.4, -0.2) is 62.7 Å². The number of hydrogen-bond acceptors (Lipinski definition) is 7. The van der Waals surface area contributed by atoms with Crippen molar-refractivity contribution in [1.82, 2.24) is 14.9 Å². The molecule has 2 N–H and O–H groups in total. The molecule has 3 aromatic rings. The average Bonchev–Trinajstić information content (AvgIpc) is 2.91. The molecule has 1 atom stereocenters. The topological polar surface area (TPSA) is 95.8 Å². The number of nitrogens with zero attached hydrogens (tertiary/aromatic N) is 3. The molecule has 0 aliphatic carbocycles. The monoisotopic (exact) mass is 541 g/mol. The van der Waals surface area contributed by atoms with E-state index < -0.39 is 12.1 Å². The summed E-state index contributed by atoms with van der Waals surface area (Å²) in [6.45, 7) is 2.41. The number of thiocarbonyl (C=S) groups is 1. The molecule has 0 spiro atoms. The highest BCUT2D eigenvalue weighted by atomic mass is 35.5. The number of halogens is 1. The lowest BCUT2D eigenvalue weighted by Gasteiger charge is -2.41. The van der Waals surface area contributed by atoms with Crippen molar-refractivity contribution in [2.75, 3.05) is 26.7 Å². The second-order valence-electron chi connectivity index (χ2n) is 9.76. The van der Waals surface area contributed by atoms with E-state index in [4.69, 9.17) is 28.6 Å². The van der Waals surface area contributed by atoms with Crippen molar-refractivity contribution in [2.45, 2.75) is 44.6 Å². The van der Waals surface area contributed by atoms with Gasteiger partial charge in [-0.2, -0.15) is 0 Å². The largest absolute Gasteiger partial charge is 0.497 e. The van der Waals surface area contributed by atoms with Gasteiger partial charge in [-0.25, -0.2) is 0 Å². The third-order valence-corrected chi connectivity index (χ3v) is 8.11. The van der Waals surface area contributed by atoms with Gasteiger partial charge in [-0.05, 0) is 80.9 Å². The molecule has 0 unspecified atom stereocenters. The van der Waals surface area contributed by atoms with Gasteiger partial charge < -0.3 is 19.8 Å². The minimum Gasteiger partial charge on any atom is -0.497 e. The van der Waals surface area contributed by atoms with Gasteiger partial charge in [0.2, 0.25) is 0 Å². The van der Waals surface area contributed by atoms with E-state index in [9.17, 15) is 15.0 Å². The summed E-state index contributed by atoms with van der Waals surface area (Å²) in [5, 5.41) is 22.0. The summed E-state index contributed by atoms with van der Waals surface area (Å²) < 4.78 is 5.35. The summed E-state index contributed by atoms with van der Waals surface area (Å²) in [6.07, 6.45) is 5.78. The number of aliphatic carboxylic acids is 1. The zero-order valence-corrected chi connectivity index (χ0v) is 22.5. The van der Waals surface area contributed by atoms with Crippen LogP contribution < -0.4 is 4.74 Å². The molecule has 9 heteroatoms. The van der Waals surface area contributed by atoms with E-state index in [0.717, 1.165) is 60.4 Å². The van der Waals surface area contributed by atoms with E-state index in [1.54, 1.807) is 19.5 Å². The molecule has 7 nitrogen and oxygen atoms in total. The fraction of sp³-hybridized carbons (Fsp3) is 0.429. The molecule has 0 amide bonds. The van der Waals surface area contributed by atoms with Crippen molar-refractivity contribution < 1.29 is 19.7 Å². The Balaban J connectivity index is 1.41. The molecule has 4 rings (SSSR count). The Hall–Kier alpha value is -2.65. The third kappa shape index (κ3) is 6.82. The highest BCUT2D eigenvalue weighted by Gasteiger charge is 2.37. The number of fused-ring (bicyclic) bond motifs is 1. The van der Waals surface area contributed by atoms with Crippen molar-refractivity contribution in [3.63, 3.8) is 0 Å². The Morgan fingerprint density at radius 3 is 2.70 bits per heavy atom. The van der Waals surface area contributed by atoms with E-state index >= 15 is 0 Å². The number of likely N-dealkylation sites (tertiary alicyclic amines) is 1. The molecule has 1 saturated heterocycles. The van der Waals surface area contributed by atoms with Gasteiger partial charge in [0.15, 0.2) is 0 Å². The first-order valence-electron chi connectivity index (χ1n) is 12.5. The number of rotatable bonds is 11. The Kier molecular flexibility index (Phi) is 9.08. The maximum atomic E-state index is 11.8. The number of methoxy groups -OCH3 is 1. The van der Waals surface area contributed by atoms with Gasteiger partial charge in [0.25, 0.3) is 0 Å². The fourth-order valence-electron chi connectivity index (χ4n) is 5.22. The van der Waals surface area contributed by atoms with Gasteiger partial charge in [0.1, 0.15) is 5.75 Å². The van der Waals surface area contributed by atoms with Gasteiger partial charge in [0, 0.05) is 34.8 Å². The first-order chi connectivity index (χ1) is 17.8. The lowest BCUT2D eigenvalue weighted by molar-refractivity contribution is -0.141. The van der Waals surface area contributed by atoms with Gasteiger partial charge in [-0.15, -0.1) is 0 Å². The van der Waals surface area contributed by atoms with Crippen LogP contribution in [0.25, 0.3) is 10.9 Å². The zero-order valence-electron chi connectivity index (χ0n) is 20.9. The molecule has 37 heavy (non-hydrogen) atoms. The predicted molar refractivity (Wildman–Crippen MR) is 148 cm³/mol. The minimum absolute atomic E-state index is 0.0819. The van der Waals surface area contributed by atoms with Crippen molar-refractivity contribution >= 4 is 45.6 Å². The van der Waals surface area contributed by atoms with Crippen LogP contribution in [0.5, 0.6) is 5.75 Å². The number of carboxylic acid groups (broad SMARTS) is 1. The van der Waals surface area contributed by atoms with Crippen LogP contribution in [0.15, 0.2) is 48.8 Å². The van der Waals surface area contributed by atoms with Crippen LogP contribution in [0.3, 0.4) is 0 Å². The van der Waals surface area contributed by atoms with Crippen LogP contribution in [0.1, 0.15) is 55.9 Å². The van der Waals surface area contributed by atoms with Gasteiger partial charge in [0.05, 0.1) is 35.9 Å². The minimum atomic E-state index is -0.843. The van der Waals surface area contributed by atoms with Crippen molar-refractivity contribution in [2.24, 2.45) is 5.41 Å². The van der Waals surface area contributed by atoms with Crippen LogP contribution in [0.4, 0.5) is 0 Å². The van der Waals surface area contributed by atoms with Crippen LogP contribution in [0.2, 0.25) is 5.02 Å². The predicted octanol–water partition coefficient (Wildman–Crippen LogP) is 5.47. The highest BCUT2D eigenvalue weighted by molar-refractivity contribution is 7.80. The molecule has 0 radical (unpaired) electrons. The third-order valence-electron chi connectivity index (χ3n) is 7.40. The average molecular weight is 542 g/mol. The molecule has 1 aliphatic rings. The van der Waals surface area contributed by atoms with Crippen LogP contribution in [-0.2, 0) is 4.79 Å². The van der Waals surface area contributed by atoms with E-state index in [1.165, 1.54) is 0 Å². The number of ether oxygens (including phenoxy) is 1. The fourth-order valence-corrected chi connectivity index (χ4v) is 5.71. The molecule has 3 heterocycles. The number of aliphatic hydroxyl groups is 1. The second kappa shape index (κ2) is 12.3. The molecule has 1 aliphatic heterocycles. The number of hydrogen-bond donors (Lipinski definition) is 2. The van der Waals surface area contributed by atoms with Crippen molar-refractivity contribution in [3.05, 3.63) is 65.1 Å². The summed E-state index contributed by atoms with van der Waals surface area (Å²) in [4.78, 5) is 23.7. The van der Waals surface area contributed by atoms with E-state index in [0.29, 0.717) is 29.2 Å². The summed E-state index contributed by atoms with van der Waals surface area (Å²) in [6, 6.07) is 11.2.